The number of carbonyl (C=O) groups is 1. The Morgan fingerprint density at radius 3 is 2.41 bits per heavy atom. The van der Waals surface area contributed by atoms with Crippen molar-refractivity contribution in [3.8, 4) is 11.5 Å². The van der Waals surface area contributed by atoms with Crippen molar-refractivity contribution in [2.45, 2.75) is 32.5 Å². The molecule has 0 radical (unpaired) electrons. The van der Waals surface area contributed by atoms with Gasteiger partial charge in [0.05, 0.1) is 6.61 Å². The molecule has 0 aromatic heterocycles. The maximum atomic E-state index is 12.2. The molecular weight excluding hydrogens is 359 g/mol. The van der Waals surface area contributed by atoms with Gasteiger partial charge in [0.25, 0.3) is 0 Å². The Kier molecular flexibility index (Phi) is 7.52. The number of rotatable bonds is 9. The molecule has 2 aromatic rings. The Labute approximate surface area is 156 Å². The summed E-state index contributed by atoms with van der Waals surface area (Å²) in [6.07, 6.45) is -3.48. The van der Waals surface area contributed by atoms with E-state index >= 15 is 0 Å². The fourth-order valence-corrected chi connectivity index (χ4v) is 2.38. The highest BCUT2D eigenvalue weighted by Crippen LogP contribution is 2.19. The second-order valence-corrected chi connectivity index (χ2v) is 5.90. The fourth-order valence-electron chi connectivity index (χ4n) is 2.38. The third-order valence-corrected chi connectivity index (χ3v) is 3.67. The van der Waals surface area contributed by atoms with E-state index in [9.17, 15) is 18.0 Å². The molecule has 27 heavy (non-hydrogen) atoms. The molecule has 2 aromatic carbocycles. The zero-order valence-corrected chi connectivity index (χ0v) is 15.0. The third kappa shape index (κ3) is 8.02. The lowest BCUT2D eigenvalue weighted by Crippen LogP contribution is -2.23. The van der Waals surface area contributed by atoms with Gasteiger partial charge in [-0.1, -0.05) is 24.3 Å². The van der Waals surface area contributed by atoms with Crippen LogP contribution in [0.5, 0.6) is 11.5 Å². The summed E-state index contributed by atoms with van der Waals surface area (Å²) >= 11 is 0. The van der Waals surface area contributed by atoms with Crippen LogP contribution in [-0.2, 0) is 17.8 Å². The molecule has 0 aliphatic heterocycles. The number of benzene rings is 2. The summed E-state index contributed by atoms with van der Waals surface area (Å²) in [7, 11) is 0. The molecule has 0 spiro atoms. The molecule has 1 N–H and O–H groups in total. The van der Waals surface area contributed by atoms with Crippen molar-refractivity contribution in [2.24, 2.45) is 0 Å². The van der Waals surface area contributed by atoms with E-state index in [-0.39, 0.29) is 18.2 Å². The molecule has 0 saturated carbocycles. The van der Waals surface area contributed by atoms with E-state index in [1.54, 1.807) is 12.1 Å². The first-order chi connectivity index (χ1) is 12.9. The summed E-state index contributed by atoms with van der Waals surface area (Å²) in [4.78, 5) is 12.0. The summed E-state index contributed by atoms with van der Waals surface area (Å²) in [6, 6.07) is 13.8. The number of ether oxygens (including phenoxy) is 2. The molecule has 0 aliphatic rings. The van der Waals surface area contributed by atoms with E-state index in [1.165, 1.54) is 12.1 Å². The topological polar surface area (TPSA) is 47.6 Å². The van der Waals surface area contributed by atoms with Crippen LogP contribution in [-0.4, -0.2) is 25.3 Å². The van der Waals surface area contributed by atoms with Crippen LogP contribution in [0.2, 0.25) is 0 Å². The van der Waals surface area contributed by atoms with Gasteiger partial charge >= 0.3 is 6.18 Å². The van der Waals surface area contributed by atoms with Crippen LogP contribution < -0.4 is 14.8 Å². The number of amides is 1. The molecule has 0 bridgehead atoms. The first kappa shape index (κ1) is 20.6. The van der Waals surface area contributed by atoms with Gasteiger partial charge in [0, 0.05) is 13.0 Å². The minimum absolute atomic E-state index is 0.119. The summed E-state index contributed by atoms with van der Waals surface area (Å²) in [5.74, 6) is 0.775. The van der Waals surface area contributed by atoms with Crippen LogP contribution in [0.3, 0.4) is 0 Å². The van der Waals surface area contributed by atoms with Gasteiger partial charge in [-0.25, -0.2) is 0 Å². The van der Waals surface area contributed by atoms with Crippen LogP contribution in [0.25, 0.3) is 0 Å². The van der Waals surface area contributed by atoms with Gasteiger partial charge in [-0.3, -0.25) is 4.79 Å². The number of carbonyl (C=O) groups excluding carboxylic acids is 1. The van der Waals surface area contributed by atoms with Gasteiger partial charge in [0.1, 0.15) is 11.5 Å². The molecular formula is C20H22F3NO3. The molecule has 0 fully saturated rings. The Morgan fingerprint density at radius 1 is 1.00 bits per heavy atom. The van der Waals surface area contributed by atoms with Crippen molar-refractivity contribution in [3.63, 3.8) is 0 Å². The lowest BCUT2D eigenvalue weighted by molar-refractivity contribution is -0.153. The second-order valence-electron chi connectivity index (χ2n) is 5.90. The summed E-state index contributed by atoms with van der Waals surface area (Å²) in [5.41, 5.74) is 1.69. The Hall–Kier alpha value is -2.70. The highest BCUT2D eigenvalue weighted by Gasteiger charge is 2.28. The SMILES string of the molecule is CCOc1ccc(CCC(=O)NCc2cccc(OCC(F)(F)F)c2)cc1. The Bertz CT molecular complexity index is 730. The highest BCUT2D eigenvalue weighted by atomic mass is 19.4. The van der Waals surface area contributed by atoms with Gasteiger partial charge in [-0.2, -0.15) is 13.2 Å². The Balaban J connectivity index is 1.76. The number of aryl methyl sites for hydroxylation is 1. The van der Waals surface area contributed by atoms with E-state index in [2.05, 4.69) is 5.32 Å². The van der Waals surface area contributed by atoms with Gasteiger partial charge in [-0.15, -0.1) is 0 Å². The number of halogens is 3. The quantitative estimate of drug-likeness (QED) is 0.706. The lowest BCUT2D eigenvalue weighted by atomic mass is 10.1. The average molecular weight is 381 g/mol. The predicted octanol–water partition coefficient (Wildman–Crippen LogP) is 4.28. The maximum Gasteiger partial charge on any atom is 0.422 e. The van der Waals surface area contributed by atoms with Crippen molar-refractivity contribution in [1.29, 1.82) is 0 Å². The number of alkyl halides is 3. The summed E-state index contributed by atoms with van der Waals surface area (Å²) in [6.45, 7) is 1.40. The first-order valence-corrected chi connectivity index (χ1v) is 8.62. The molecule has 0 atom stereocenters. The van der Waals surface area contributed by atoms with E-state index < -0.39 is 12.8 Å². The Morgan fingerprint density at radius 2 is 1.74 bits per heavy atom. The smallest absolute Gasteiger partial charge is 0.422 e. The van der Waals surface area contributed by atoms with Crippen LogP contribution in [0, 0.1) is 0 Å². The number of hydrogen-bond acceptors (Lipinski definition) is 3. The van der Waals surface area contributed by atoms with E-state index in [0.29, 0.717) is 25.0 Å². The summed E-state index contributed by atoms with van der Waals surface area (Å²) < 4.78 is 46.6. The van der Waals surface area contributed by atoms with Gasteiger partial charge in [-0.05, 0) is 48.7 Å². The maximum absolute atomic E-state index is 12.2. The molecule has 0 unspecified atom stereocenters. The van der Waals surface area contributed by atoms with Crippen LogP contribution >= 0.6 is 0 Å². The number of hydrogen-bond donors (Lipinski definition) is 1. The molecule has 2 rings (SSSR count). The molecule has 0 heterocycles. The molecule has 0 aliphatic carbocycles. The van der Waals surface area contributed by atoms with Gasteiger partial charge in [0.15, 0.2) is 6.61 Å². The third-order valence-electron chi connectivity index (χ3n) is 3.67. The van der Waals surface area contributed by atoms with Crippen molar-refractivity contribution >= 4 is 5.91 Å². The minimum Gasteiger partial charge on any atom is -0.494 e. The summed E-state index contributed by atoms with van der Waals surface area (Å²) in [5, 5.41) is 2.76. The van der Waals surface area contributed by atoms with E-state index in [4.69, 9.17) is 9.47 Å². The highest BCUT2D eigenvalue weighted by molar-refractivity contribution is 5.76. The first-order valence-electron chi connectivity index (χ1n) is 8.62. The monoisotopic (exact) mass is 381 g/mol. The van der Waals surface area contributed by atoms with Crippen LogP contribution in [0.1, 0.15) is 24.5 Å². The zero-order valence-electron chi connectivity index (χ0n) is 15.0. The predicted molar refractivity (Wildman–Crippen MR) is 95.8 cm³/mol. The largest absolute Gasteiger partial charge is 0.494 e. The minimum atomic E-state index is -4.38. The molecule has 4 nitrogen and oxygen atoms in total. The van der Waals surface area contributed by atoms with Gasteiger partial charge in [0.2, 0.25) is 5.91 Å². The number of nitrogens with one attached hydrogen (secondary N) is 1. The molecule has 1 amide bonds. The van der Waals surface area contributed by atoms with Crippen molar-refractivity contribution in [2.75, 3.05) is 13.2 Å². The fraction of sp³-hybridized carbons (Fsp3) is 0.350. The van der Waals surface area contributed by atoms with Crippen LogP contribution in [0.4, 0.5) is 13.2 Å². The van der Waals surface area contributed by atoms with Crippen molar-refractivity contribution in [1.82, 2.24) is 5.32 Å². The van der Waals surface area contributed by atoms with E-state index in [0.717, 1.165) is 11.3 Å². The van der Waals surface area contributed by atoms with Crippen molar-refractivity contribution < 1.29 is 27.4 Å². The van der Waals surface area contributed by atoms with Crippen molar-refractivity contribution in [3.05, 3.63) is 59.7 Å². The molecule has 146 valence electrons. The van der Waals surface area contributed by atoms with Crippen LogP contribution in [0.15, 0.2) is 48.5 Å². The molecule has 7 heteroatoms. The normalized spacial score (nSPS) is 11.1. The second kappa shape index (κ2) is 9.85. The van der Waals surface area contributed by atoms with E-state index in [1.807, 2.05) is 31.2 Å². The lowest BCUT2D eigenvalue weighted by Gasteiger charge is -2.11. The zero-order chi connectivity index (χ0) is 19.7. The molecule has 0 saturated heterocycles. The average Bonchev–Trinajstić information content (AvgIpc) is 2.64. The standard InChI is InChI=1S/C20H22F3NO3/c1-2-26-17-9-6-15(7-10-17)8-11-19(25)24-13-16-4-3-5-18(12-16)27-14-20(21,22)23/h3-7,9-10,12H,2,8,11,13-14H2,1H3,(H,24,25). The van der Waals surface area contributed by atoms with Gasteiger partial charge < -0.3 is 14.8 Å².